The molecule has 0 aliphatic carbocycles. The van der Waals surface area contributed by atoms with Crippen molar-refractivity contribution in [1.29, 1.82) is 0 Å². The summed E-state index contributed by atoms with van der Waals surface area (Å²) in [6.45, 7) is 3.82. The second-order valence-electron chi connectivity index (χ2n) is 3.43. The number of benzene rings is 1. The lowest BCUT2D eigenvalue weighted by atomic mass is 10.2. The van der Waals surface area contributed by atoms with E-state index in [0.717, 1.165) is 11.3 Å². The van der Waals surface area contributed by atoms with Gasteiger partial charge in [-0.25, -0.2) is 4.68 Å². The number of H-pyrrole nitrogens is 1. The van der Waals surface area contributed by atoms with Gasteiger partial charge in [0.05, 0.1) is 5.69 Å². The van der Waals surface area contributed by atoms with Crippen molar-refractivity contribution in [1.82, 2.24) is 9.78 Å². The molecule has 1 heterocycles. The Labute approximate surface area is 82.0 Å². The fourth-order valence-electron chi connectivity index (χ4n) is 1.34. The van der Waals surface area contributed by atoms with Crippen LogP contribution in [0.5, 0.6) is 0 Å². The summed E-state index contributed by atoms with van der Waals surface area (Å²) in [6, 6.07) is 7.81. The van der Waals surface area contributed by atoms with Crippen molar-refractivity contribution < 1.29 is 0 Å². The van der Waals surface area contributed by atoms with Gasteiger partial charge < -0.3 is 0 Å². The summed E-state index contributed by atoms with van der Waals surface area (Å²) >= 11 is 0. The smallest absolute Gasteiger partial charge is 0.274 e. The summed E-state index contributed by atoms with van der Waals surface area (Å²) < 4.78 is 1.54. The van der Waals surface area contributed by atoms with Crippen LogP contribution in [0.15, 0.2) is 35.3 Å². The molecule has 1 aromatic heterocycles. The van der Waals surface area contributed by atoms with Crippen LogP contribution >= 0.6 is 0 Å². The number of nitrogens with zero attached hydrogens (tertiary/aromatic N) is 1. The molecule has 2 aromatic rings. The molecule has 1 aromatic carbocycles. The van der Waals surface area contributed by atoms with Crippen molar-refractivity contribution in [3.8, 4) is 5.69 Å². The standard InChI is InChI=1S/C11H12N2O/c1-8-3-5-10(6-4-8)13-11(14)9(2)7-12-13/h3-7,12H,1-2H3. The van der Waals surface area contributed by atoms with Crippen LogP contribution in [0.4, 0.5) is 0 Å². The lowest BCUT2D eigenvalue weighted by Gasteiger charge is -2.00. The number of rotatable bonds is 1. The molecule has 0 saturated carbocycles. The number of aromatic nitrogens is 2. The average molecular weight is 188 g/mol. The molecule has 1 N–H and O–H groups in total. The zero-order chi connectivity index (χ0) is 10.1. The Morgan fingerprint density at radius 2 is 1.79 bits per heavy atom. The van der Waals surface area contributed by atoms with E-state index in [1.807, 2.05) is 31.2 Å². The van der Waals surface area contributed by atoms with Gasteiger partial charge in [0, 0.05) is 11.8 Å². The van der Waals surface area contributed by atoms with Crippen LogP contribution in [-0.4, -0.2) is 9.78 Å². The molecule has 0 atom stereocenters. The van der Waals surface area contributed by atoms with Gasteiger partial charge in [0.2, 0.25) is 0 Å². The van der Waals surface area contributed by atoms with Crippen molar-refractivity contribution in [3.05, 3.63) is 51.9 Å². The lowest BCUT2D eigenvalue weighted by molar-refractivity contribution is 0.847. The van der Waals surface area contributed by atoms with Gasteiger partial charge in [-0.3, -0.25) is 9.89 Å². The summed E-state index contributed by atoms with van der Waals surface area (Å²) in [5.41, 5.74) is 2.79. The van der Waals surface area contributed by atoms with Crippen molar-refractivity contribution in [2.75, 3.05) is 0 Å². The fourth-order valence-corrected chi connectivity index (χ4v) is 1.34. The second-order valence-corrected chi connectivity index (χ2v) is 3.43. The van der Waals surface area contributed by atoms with E-state index in [-0.39, 0.29) is 5.56 Å². The molecule has 3 nitrogen and oxygen atoms in total. The van der Waals surface area contributed by atoms with Crippen LogP contribution < -0.4 is 5.56 Å². The number of aromatic amines is 1. The third-order valence-corrected chi connectivity index (χ3v) is 2.24. The molecule has 0 bridgehead atoms. The largest absolute Gasteiger partial charge is 0.298 e. The molecular weight excluding hydrogens is 176 g/mol. The Morgan fingerprint density at radius 3 is 2.29 bits per heavy atom. The van der Waals surface area contributed by atoms with Crippen LogP contribution in [0.1, 0.15) is 11.1 Å². The summed E-state index contributed by atoms with van der Waals surface area (Å²) in [5, 5.41) is 2.91. The van der Waals surface area contributed by atoms with E-state index in [1.165, 1.54) is 10.2 Å². The maximum absolute atomic E-state index is 11.6. The molecule has 14 heavy (non-hydrogen) atoms. The van der Waals surface area contributed by atoms with Crippen LogP contribution in [0.2, 0.25) is 0 Å². The zero-order valence-electron chi connectivity index (χ0n) is 8.24. The van der Waals surface area contributed by atoms with Gasteiger partial charge in [0.25, 0.3) is 5.56 Å². The predicted molar refractivity (Wildman–Crippen MR) is 55.9 cm³/mol. The maximum atomic E-state index is 11.6. The maximum Gasteiger partial charge on any atom is 0.274 e. The zero-order valence-corrected chi connectivity index (χ0v) is 8.24. The Kier molecular flexibility index (Phi) is 2.00. The summed E-state index contributed by atoms with van der Waals surface area (Å²) in [5.74, 6) is 0. The first-order valence-electron chi connectivity index (χ1n) is 4.52. The van der Waals surface area contributed by atoms with E-state index in [1.54, 1.807) is 13.1 Å². The minimum Gasteiger partial charge on any atom is -0.298 e. The molecule has 0 unspecified atom stereocenters. The molecule has 72 valence electrons. The number of hydrogen-bond donors (Lipinski definition) is 1. The minimum absolute atomic E-state index is 0.00820. The van der Waals surface area contributed by atoms with Crippen molar-refractivity contribution in [3.63, 3.8) is 0 Å². The van der Waals surface area contributed by atoms with Gasteiger partial charge in [0.15, 0.2) is 0 Å². The first kappa shape index (κ1) is 8.81. The van der Waals surface area contributed by atoms with Gasteiger partial charge in [-0.15, -0.1) is 0 Å². The predicted octanol–water partition coefficient (Wildman–Crippen LogP) is 1.78. The quantitative estimate of drug-likeness (QED) is 0.727. The summed E-state index contributed by atoms with van der Waals surface area (Å²) in [7, 11) is 0. The molecule has 0 amide bonds. The van der Waals surface area contributed by atoms with E-state index in [2.05, 4.69) is 5.10 Å². The number of hydrogen-bond acceptors (Lipinski definition) is 1. The van der Waals surface area contributed by atoms with Crippen LogP contribution in [0, 0.1) is 13.8 Å². The highest BCUT2D eigenvalue weighted by Crippen LogP contribution is 2.05. The van der Waals surface area contributed by atoms with Gasteiger partial charge in [-0.2, -0.15) is 0 Å². The lowest BCUT2D eigenvalue weighted by Crippen LogP contribution is -2.15. The van der Waals surface area contributed by atoms with Crippen molar-refractivity contribution in [2.24, 2.45) is 0 Å². The molecule has 0 radical (unpaired) electrons. The van der Waals surface area contributed by atoms with Crippen molar-refractivity contribution >= 4 is 0 Å². The average Bonchev–Trinajstić information content (AvgIpc) is 2.50. The molecule has 0 saturated heterocycles. The molecular formula is C11H12N2O. The van der Waals surface area contributed by atoms with Gasteiger partial charge >= 0.3 is 0 Å². The van der Waals surface area contributed by atoms with E-state index in [0.29, 0.717) is 0 Å². The van der Waals surface area contributed by atoms with Gasteiger partial charge in [-0.05, 0) is 26.0 Å². The van der Waals surface area contributed by atoms with Crippen LogP contribution in [0.3, 0.4) is 0 Å². The molecule has 0 spiro atoms. The fraction of sp³-hybridized carbons (Fsp3) is 0.182. The summed E-state index contributed by atoms with van der Waals surface area (Å²) in [4.78, 5) is 11.6. The first-order valence-corrected chi connectivity index (χ1v) is 4.52. The Morgan fingerprint density at radius 1 is 1.14 bits per heavy atom. The normalized spacial score (nSPS) is 10.4. The Balaban J connectivity index is 2.55. The van der Waals surface area contributed by atoms with E-state index < -0.39 is 0 Å². The van der Waals surface area contributed by atoms with Crippen molar-refractivity contribution in [2.45, 2.75) is 13.8 Å². The Bertz CT molecular complexity index is 491. The van der Waals surface area contributed by atoms with E-state index in [9.17, 15) is 4.79 Å². The van der Waals surface area contributed by atoms with Gasteiger partial charge in [-0.1, -0.05) is 17.7 Å². The molecule has 0 fully saturated rings. The van der Waals surface area contributed by atoms with Crippen LogP contribution in [0.25, 0.3) is 5.69 Å². The number of nitrogens with one attached hydrogen (secondary N) is 1. The highest BCUT2D eigenvalue weighted by Gasteiger charge is 2.02. The molecule has 0 aliphatic heterocycles. The first-order chi connectivity index (χ1) is 6.68. The Hall–Kier alpha value is -1.77. The summed E-state index contributed by atoms with van der Waals surface area (Å²) in [6.07, 6.45) is 1.71. The topological polar surface area (TPSA) is 37.8 Å². The number of aryl methyl sites for hydroxylation is 2. The molecule has 3 heteroatoms. The van der Waals surface area contributed by atoms with Gasteiger partial charge in [0.1, 0.15) is 0 Å². The molecule has 2 rings (SSSR count). The minimum atomic E-state index is 0.00820. The second kappa shape index (κ2) is 3.18. The SMILES string of the molecule is Cc1ccc(-n2[nH]cc(C)c2=O)cc1. The van der Waals surface area contributed by atoms with E-state index >= 15 is 0 Å². The highest BCUT2D eigenvalue weighted by molar-refractivity contribution is 5.33. The van der Waals surface area contributed by atoms with E-state index in [4.69, 9.17) is 0 Å². The van der Waals surface area contributed by atoms with Crippen LogP contribution in [-0.2, 0) is 0 Å². The highest BCUT2D eigenvalue weighted by atomic mass is 16.1. The monoisotopic (exact) mass is 188 g/mol. The molecule has 0 aliphatic rings. The third-order valence-electron chi connectivity index (χ3n) is 2.24. The third kappa shape index (κ3) is 1.37.